The largest absolute Gasteiger partial charge is 0.331 e. The third kappa shape index (κ3) is 4.75. The summed E-state index contributed by atoms with van der Waals surface area (Å²) in [5.74, 6) is 1.10. The zero-order valence-corrected chi connectivity index (χ0v) is 17.8. The lowest BCUT2D eigenvalue weighted by Gasteiger charge is -2.33. The monoisotopic (exact) mass is 398 g/mol. The van der Waals surface area contributed by atoms with E-state index in [1.54, 1.807) is 34.8 Å². The molecular formula is C21H30N6O2. The molecule has 3 heterocycles. The first-order valence-electron chi connectivity index (χ1n) is 9.96. The second-order valence-corrected chi connectivity index (χ2v) is 8.69. The second kappa shape index (κ2) is 8.23. The molecule has 0 aliphatic carbocycles. The average molecular weight is 399 g/mol. The van der Waals surface area contributed by atoms with Crippen LogP contribution in [0.15, 0.2) is 30.5 Å². The Morgan fingerprint density at radius 2 is 1.86 bits per heavy atom. The summed E-state index contributed by atoms with van der Waals surface area (Å²) in [5, 5.41) is 7.73. The van der Waals surface area contributed by atoms with Gasteiger partial charge in [0, 0.05) is 50.8 Å². The fraction of sp³-hybridized carbons (Fsp3) is 0.524. The van der Waals surface area contributed by atoms with Crippen LogP contribution in [0.2, 0.25) is 0 Å². The van der Waals surface area contributed by atoms with Crippen molar-refractivity contribution in [3.8, 4) is 5.82 Å². The minimum absolute atomic E-state index is 0.00749. The fourth-order valence-corrected chi connectivity index (χ4v) is 3.33. The molecule has 0 radical (unpaired) electrons. The van der Waals surface area contributed by atoms with Crippen LogP contribution < -0.4 is 5.32 Å². The summed E-state index contributed by atoms with van der Waals surface area (Å²) in [6.07, 6.45) is 3.00. The molecule has 2 aromatic rings. The van der Waals surface area contributed by atoms with Gasteiger partial charge in [-0.3, -0.25) is 4.79 Å². The standard InChI is InChI=1S/C21H30N6O2/c1-21(2,3)16-14-18(27(24-16)17-8-6-7-11-22-17)23-19(28)15-9-12-26(13-10-15)20(29)25(4)5/h6-8,11,14-15H,9-10,12-13H2,1-5H3,(H,23,28). The Bertz CT molecular complexity index is 861. The van der Waals surface area contributed by atoms with Gasteiger partial charge >= 0.3 is 6.03 Å². The molecule has 0 saturated carbocycles. The summed E-state index contributed by atoms with van der Waals surface area (Å²) < 4.78 is 1.68. The van der Waals surface area contributed by atoms with Crippen LogP contribution in [0.25, 0.3) is 5.82 Å². The summed E-state index contributed by atoms with van der Waals surface area (Å²) in [7, 11) is 3.49. The average Bonchev–Trinajstić information content (AvgIpc) is 3.12. The quantitative estimate of drug-likeness (QED) is 0.862. The van der Waals surface area contributed by atoms with Crippen molar-refractivity contribution in [2.75, 3.05) is 32.5 Å². The lowest BCUT2D eigenvalue weighted by atomic mass is 9.92. The van der Waals surface area contributed by atoms with Crippen molar-refractivity contribution in [3.05, 3.63) is 36.2 Å². The van der Waals surface area contributed by atoms with Crippen molar-refractivity contribution in [3.63, 3.8) is 0 Å². The van der Waals surface area contributed by atoms with Crippen molar-refractivity contribution in [1.82, 2.24) is 24.6 Å². The van der Waals surface area contributed by atoms with Gasteiger partial charge in [0.05, 0.1) is 5.69 Å². The first-order valence-corrected chi connectivity index (χ1v) is 9.96. The predicted octanol–water partition coefficient (Wildman–Crippen LogP) is 2.90. The number of amides is 3. The molecule has 156 valence electrons. The molecule has 1 fully saturated rings. The molecular weight excluding hydrogens is 368 g/mol. The minimum atomic E-state index is -0.155. The molecule has 0 aromatic carbocycles. The molecule has 1 saturated heterocycles. The normalized spacial score (nSPS) is 15.3. The molecule has 0 unspecified atom stereocenters. The Morgan fingerprint density at radius 3 is 2.41 bits per heavy atom. The van der Waals surface area contributed by atoms with Gasteiger partial charge < -0.3 is 15.1 Å². The molecule has 1 aliphatic rings. The minimum Gasteiger partial charge on any atom is -0.331 e. The number of nitrogens with zero attached hydrogens (tertiary/aromatic N) is 5. The highest BCUT2D eigenvalue weighted by Crippen LogP contribution is 2.27. The summed E-state index contributed by atoms with van der Waals surface area (Å²) in [5.41, 5.74) is 0.724. The van der Waals surface area contributed by atoms with Crippen LogP contribution in [0.1, 0.15) is 39.3 Å². The number of likely N-dealkylation sites (tertiary alicyclic amines) is 1. The maximum Gasteiger partial charge on any atom is 0.319 e. The SMILES string of the molecule is CN(C)C(=O)N1CCC(C(=O)Nc2cc(C(C)(C)C)nn2-c2ccccn2)CC1. The molecule has 0 bridgehead atoms. The third-order valence-electron chi connectivity index (χ3n) is 5.11. The topological polar surface area (TPSA) is 83.4 Å². The van der Waals surface area contributed by atoms with Crippen molar-refractivity contribution >= 4 is 17.8 Å². The highest BCUT2D eigenvalue weighted by atomic mass is 16.2. The van der Waals surface area contributed by atoms with Gasteiger partial charge in [0.1, 0.15) is 5.82 Å². The van der Waals surface area contributed by atoms with Crippen molar-refractivity contribution in [2.45, 2.75) is 39.0 Å². The van der Waals surface area contributed by atoms with E-state index in [1.165, 1.54) is 0 Å². The highest BCUT2D eigenvalue weighted by molar-refractivity contribution is 5.92. The Balaban J connectivity index is 1.75. The summed E-state index contributed by atoms with van der Waals surface area (Å²) >= 11 is 0. The number of hydrogen-bond acceptors (Lipinski definition) is 4. The number of aromatic nitrogens is 3. The number of rotatable bonds is 3. The van der Waals surface area contributed by atoms with Crippen molar-refractivity contribution < 1.29 is 9.59 Å². The zero-order chi connectivity index (χ0) is 21.2. The molecule has 1 N–H and O–H groups in total. The Morgan fingerprint density at radius 1 is 1.17 bits per heavy atom. The maximum absolute atomic E-state index is 12.9. The van der Waals surface area contributed by atoms with Gasteiger partial charge in [0.2, 0.25) is 5.91 Å². The van der Waals surface area contributed by atoms with Crippen LogP contribution in [-0.4, -0.2) is 63.7 Å². The van der Waals surface area contributed by atoms with Gasteiger partial charge in [-0.1, -0.05) is 26.8 Å². The molecule has 3 amide bonds. The Hall–Kier alpha value is -2.90. The van der Waals surface area contributed by atoms with Gasteiger partial charge in [-0.15, -0.1) is 0 Å². The molecule has 0 spiro atoms. The van der Waals surface area contributed by atoms with E-state index in [0.717, 1.165) is 5.69 Å². The van der Waals surface area contributed by atoms with Crippen LogP contribution in [0, 0.1) is 5.92 Å². The van der Waals surface area contributed by atoms with Crippen LogP contribution in [0.5, 0.6) is 0 Å². The third-order valence-corrected chi connectivity index (χ3v) is 5.11. The van der Waals surface area contributed by atoms with Gasteiger partial charge in [-0.2, -0.15) is 9.78 Å². The molecule has 0 atom stereocenters. The van der Waals surface area contributed by atoms with Gasteiger partial charge in [0.15, 0.2) is 5.82 Å². The summed E-state index contributed by atoms with van der Waals surface area (Å²) in [6.45, 7) is 7.42. The summed E-state index contributed by atoms with van der Waals surface area (Å²) in [6, 6.07) is 7.51. The van der Waals surface area contributed by atoms with Gasteiger partial charge in [0.25, 0.3) is 0 Å². The number of urea groups is 1. The zero-order valence-electron chi connectivity index (χ0n) is 17.8. The van der Waals surface area contributed by atoms with Gasteiger partial charge in [-0.25, -0.2) is 9.78 Å². The lowest BCUT2D eigenvalue weighted by molar-refractivity contribution is -0.121. The van der Waals surface area contributed by atoms with Crippen LogP contribution in [-0.2, 0) is 10.2 Å². The molecule has 8 nitrogen and oxygen atoms in total. The molecule has 3 rings (SSSR count). The predicted molar refractivity (Wildman–Crippen MR) is 112 cm³/mol. The van der Waals surface area contributed by atoms with E-state index in [1.807, 2.05) is 24.3 Å². The Labute approximate surface area is 171 Å². The van der Waals surface area contributed by atoms with E-state index in [4.69, 9.17) is 0 Å². The first kappa shape index (κ1) is 20.8. The van der Waals surface area contributed by atoms with E-state index in [2.05, 4.69) is 36.2 Å². The second-order valence-electron chi connectivity index (χ2n) is 8.69. The molecule has 8 heteroatoms. The van der Waals surface area contributed by atoms with E-state index >= 15 is 0 Å². The van der Waals surface area contributed by atoms with E-state index in [-0.39, 0.29) is 23.3 Å². The maximum atomic E-state index is 12.9. The lowest BCUT2D eigenvalue weighted by Crippen LogP contribution is -2.45. The molecule has 1 aliphatic heterocycles. The number of carbonyl (C=O) groups excluding carboxylic acids is 2. The number of nitrogens with one attached hydrogen (secondary N) is 1. The van der Waals surface area contributed by atoms with E-state index < -0.39 is 0 Å². The number of pyridine rings is 1. The fourth-order valence-electron chi connectivity index (χ4n) is 3.33. The molecule has 2 aromatic heterocycles. The number of piperidine rings is 1. The number of anilines is 1. The van der Waals surface area contributed by atoms with Crippen molar-refractivity contribution in [2.24, 2.45) is 5.92 Å². The smallest absolute Gasteiger partial charge is 0.319 e. The van der Waals surface area contributed by atoms with Crippen LogP contribution in [0.3, 0.4) is 0 Å². The van der Waals surface area contributed by atoms with Crippen LogP contribution >= 0.6 is 0 Å². The van der Waals surface area contributed by atoms with E-state index in [9.17, 15) is 9.59 Å². The number of carbonyl (C=O) groups is 2. The summed E-state index contributed by atoms with van der Waals surface area (Å²) in [4.78, 5) is 32.8. The van der Waals surface area contributed by atoms with Crippen molar-refractivity contribution in [1.29, 1.82) is 0 Å². The first-order chi connectivity index (χ1) is 13.7. The van der Waals surface area contributed by atoms with Crippen LogP contribution in [0.4, 0.5) is 10.6 Å². The Kier molecular flexibility index (Phi) is 5.91. The molecule has 29 heavy (non-hydrogen) atoms. The number of hydrogen-bond donors (Lipinski definition) is 1. The highest BCUT2D eigenvalue weighted by Gasteiger charge is 2.29. The van der Waals surface area contributed by atoms with Gasteiger partial charge in [-0.05, 0) is 25.0 Å². The van der Waals surface area contributed by atoms with E-state index in [0.29, 0.717) is 37.6 Å².